The first kappa shape index (κ1) is 13.1. The largest absolute Gasteiger partial charge is 0.357 e. The summed E-state index contributed by atoms with van der Waals surface area (Å²) >= 11 is 0. The molecule has 3 aromatic rings. The van der Waals surface area contributed by atoms with E-state index in [1.165, 1.54) is 16.7 Å². The van der Waals surface area contributed by atoms with E-state index < -0.39 is 0 Å². The Balaban J connectivity index is 1.85. The fourth-order valence-corrected chi connectivity index (χ4v) is 3.53. The number of para-hydroxylation sites is 1. The summed E-state index contributed by atoms with van der Waals surface area (Å²) in [4.78, 5) is 15.1. The van der Waals surface area contributed by atoms with Crippen LogP contribution in [0, 0.1) is 0 Å². The first-order chi connectivity index (χ1) is 10.8. The Hall–Kier alpha value is -2.61. The molecule has 1 heterocycles. The molecular weight excluding hydrogens is 270 g/mol. The van der Waals surface area contributed by atoms with Crippen LogP contribution >= 0.6 is 0 Å². The maximum atomic E-state index is 11.6. The van der Waals surface area contributed by atoms with E-state index in [0.29, 0.717) is 0 Å². The topological polar surface area (TPSA) is 32.9 Å². The van der Waals surface area contributed by atoms with Crippen LogP contribution in [0.15, 0.2) is 54.6 Å². The molecule has 2 aromatic carbocycles. The predicted octanol–water partition coefficient (Wildman–Crippen LogP) is 4.72. The van der Waals surface area contributed by atoms with Crippen LogP contribution in [0.2, 0.25) is 0 Å². The molecule has 0 amide bonds. The highest BCUT2D eigenvalue weighted by atomic mass is 16.1. The minimum absolute atomic E-state index is 0.177. The molecule has 0 radical (unpaired) electrons. The second-order valence-electron chi connectivity index (χ2n) is 5.86. The minimum atomic E-state index is 0.177. The number of H-pyrrole nitrogens is 1. The molecule has 0 aliphatic heterocycles. The van der Waals surface area contributed by atoms with Crippen LogP contribution in [-0.2, 0) is 6.42 Å². The lowest BCUT2D eigenvalue weighted by molar-refractivity contribution is 0.112. The monoisotopic (exact) mass is 287 g/mol. The van der Waals surface area contributed by atoms with Crippen molar-refractivity contribution in [3.63, 3.8) is 0 Å². The van der Waals surface area contributed by atoms with Gasteiger partial charge in [0.05, 0.1) is 0 Å². The lowest BCUT2D eigenvalue weighted by Crippen LogP contribution is -2.00. The van der Waals surface area contributed by atoms with E-state index in [1.54, 1.807) is 0 Å². The molecule has 0 saturated heterocycles. The Labute approximate surface area is 129 Å². The van der Waals surface area contributed by atoms with Crippen LogP contribution in [0.1, 0.15) is 40.0 Å². The number of carbonyl (C=O) groups is 1. The maximum absolute atomic E-state index is 11.6. The standard InChI is InChI=1S/C20H17NO/c1-13(15-11-10-14-6-2-3-7-16(14)15)20-18(12-22)17-8-4-5-9-19(17)21-20/h2-9,11-13,21H,10H2,1H3. The van der Waals surface area contributed by atoms with Crippen LogP contribution < -0.4 is 0 Å². The summed E-state index contributed by atoms with van der Waals surface area (Å²) in [6.07, 6.45) is 4.24. The van der Waals surface area contributed by atoms with Gasteiger partial charge in [-0.05, 0) is 29.2 Å². The predicted molar refractivity (Wildman–Crippen MR) is 90.2 cm³/mol. The summed E-state index contributed by atoms with van der Waals surface area (Å²) in [5, 5.41) is 1.01. The average molecular weight is 287 g/mol. The van der Waals surface area contributed by atoms with Gasteiger partial charge in [0.15, 0.2) is 6.29 Å². The van der Waals surface area contributed by atoms with Crippen molar-refractivity contribution >= 4 is 22.8 Å². The van der Waals surface area contributed by atoms with Gasteiger partial charge in [-0.3, -0.25) is 4.79 Å². The molecule has 2 heteroatoms. The van der Waals surface area contributed by atoms with E-state index in [2.05, 4.69) is 42.2 Å². The SMILES string of the molecule is CC(C1=CCc2ccccc21)c1[nH]c2ccccc2c1C=O. The van der Waals surface area contributed by atoms with Gasteiger partial charge in [-0.25, -0.2) is 0 Å². The molecule has 0 saturated carbocycles. The fourth-order valence-electron chi connectivity index (χ4n) is 3.53. The second kappa shape index (κ2) is 4.99. The van der Waals surface area contributed by atoms with Crippen molar-refractivity contribution in [2.75, 3.05) is 0 Å². The number of hydrogen-bond donors (Lipinski definition) is 1. The number of aromatic amines is 1. The molecule has 0 bridgehead atoms. The number of fused-ring (bicyclic) bond motifs is 2. The molecule has 108 valence electrons. The summed E-state index contributed by atoms with van der Waals surface area (Å²) in [7, 11) is 0. The van der Waals surface area contributed by atoms with Gasteiger partial charge < -0.3 is 4.98 Å². The number of nitrogens with one attached hydrogen (secondary N) is 1. The van der Waals surface area contributed by atoms with E-state index in [9.17, 15) is 4.79 Å². The Morgan fingerprint density at radius 1 is 1.09 bits per heavy atom. The summed E-state index contributed by atoms with van der Waals surface area (Å²) in [5.41, 5.74) is 6.81. The normalized spacial score (nSPS) is 14.7. The molecule has 1 aromatic heterocycles. The summed E-state index contributed by atoms with van der Waals surface area (Å²) in [5.74, 6) is 0.177. The number of benzene rings is 2. The van der Waals surface area contributed by atoms with Crippen molar-refractivity contribution in [1.29, 1.82) is 0 Å². The second-order valence-corrected chi connectivity index (χ2v) is 5.86. The minimum Gasteiger partial charge on any atom is -0.357 e. The van der Waals surface area contributed by atoms with Gasteiger partial charge in [-0.2, -0.15) is 0 Å². The quantitative estimate of drug-likeness (QED) is 0.694. The van der Waals surface area contributed by atoms with Crippen molar-refractivity contribution in [2.45, 2.75) is 19.3 Å². The van der Waals surface area contributed by atoms with Crippen molar-refractivity contribution in [1.82, 2.24) is 4.98 Å². The molecule has 0 fully saturated rings. The average Bonchev–Trinajstić information content (AvgIpc) is 3.15. The fraction of sp³-hybridized carbons (Fsp3) is 0.150. The third kappa shape index (κ3) is 1.84. The van der Waals surface area contributed by atoms with Gasteiger partial charge >= 0.3 is 0 Å². The van der Waals surface area contributed by atoms with Gasteiger partial charge in [0.1, 0.15) is 0 Å². The molecule has 1 N–H and O–H groups in total. The van der Waals surface area contributed by atoms with Crippen molar-refractivity contribution in [3.05, 3.63) is 77.0 Å². The Morgan fingerprint density at radius 2 is 1.86 bits per heavy atom. The Bertz CT molecular complexity index is 901. The van der Waals surface area contributed by atoms with E-state index in [1.807, 2.05) is 24.3 Å². The molecule has 22 heavy (non-hydrogen) atoms. The van der Waals surface area contributed by atoms with Gasteiger partial charge in [0, 0.05) is 28.1 Å². The molecule has 1 aliphatic rings. The Kier molecular flexibility index (Phi) is 2.97. The zero-order valence-corrected chi connectivity index (χ0v) is 12.5. The maximum Gasteiger partial charge on any atom is 0.152 e. The molecule has 1 unspecified atom stereocenters. The van der Waals surface area contributed by atoms with Crippen molar-refractivity contribution < 1.29 is 4.79 Å². The molecule has 0 spiro atoms. The lowest BCUT2D eigenvalue weighted by Gasteiger charge is -2.14. The lowest BCUT2D eigenvalue weighted by atomic mass is 9.91. The summed E-state index contributed by atoms with van der Waals surface area (Å²) in [6.45, 7) is 2.17. The summed E-state index contributed by atoms with van der Waals surface area (Å²) < 4.78 is 0. The first-order valence-electron chi connectivity index (χ1n) is 7.63. The highest BCUT2D eigenvalue weighted by molar-refractivity contribution is 6.00. The molecule has 1 aliphatic carbocycles. The van der Waals surface area contributed by atoms with Crippen LogP contribution in [0.25, 0.3) is 16.5 Å². The van der Waals surface area contributed by atoms with E-state index in [4.69, 9.17) is 0 Å². The van der Waals surface area contributed by atoms with E-state index >= 15 is 0 Å². The van der Waals surface area contributed by atoms with E-state index in [0.717, 1.165) is 34.9 Å². The number of carbonyl (C=O) groups excluding carboxylic acids is 1. The summed E-state index contributed by atoms with van der Waals surface area (Å²) in [6, 6.07) is 16.5. The highest BCUT2D eigenvalue weighted by Crippen LogP contribution is 2.39. The third-order valence-corrected chi connectivity index (χ3v) is 4.66. The number of aldehydes is 1. The molecular formula is C20H17NO. The van der Waals surface area contributed by atoms with E-state index in [-0.39, 0.29) is 5.92 Å². The first-order valence-corrected chi connectivity index (χ1v) is 7.63. The smallest absolute Gasteiger partial charge is 0.152 e. The number of allylic oxidation sites excluding steroid dienone is 2. The highest BCUT2D eigenvalue weighted by Gasteiger charge is 2.24. The van der Waals surface area contributed by atoms with Crippen molar-refractivity contribution in [3.8, 4) is 0 Å². The van der Waals surface area contributed by atoms with Gasteiger partial charge in [0.2, 0.25) is 0 Å². The van der Waals surface area contributed by atoms with Crippen LogP contribution in [-0.4, -0.2) is 11.3 Å². The number of rotatable bonds is 3. The van der Waals surface area contributed by atoms with Crippen LogP contribution in [0.3, 0.4) is 0 Å². The third-order valence-electron chi connectivity index (χ3n) is 4.66. The number of hydrogen-bond acceptors (Lipinski definition) is 1. The van der Waals surface area contributed by atoms with Crippen LogP contribution in [0.4, 0.5) is 0 Å². The molecule has 1 atom stereocenters. The van der Waals surface area contributed by atoms with Gasteiger partial charge in [-0.15, -0.1) is 0 Å². The number of aromatic nitrogens is 1. The van der Waals surface area contributed by atoms with Gasteiger partial charge in [-0.1, -0.05) is 55.5 Å². The zero-order valence-electron chi connectivity index (χ0n) is 12.5. The Morgan fingerprint density at radius 3 is 2.73 bits per heavy atom. The van der Waals surface area contributed by atoms with Gasteiger partial charge in [0.25, 0.3) is 0 Å². The zero-order chi connectivity index (χ0) is 15.1. The molecule has 4 rings (SSSR count). The van der Waals surface area contributed by atoms with Crippen LogP contribution in [0.5, 0.6) is 0 Å². The molecule has 2 nitrogen and oxygen atoms in total. The van der Waals surface area contributed by atoms with Crippen molar-refractivity contribution in [2.24, 2.45) is 0 Å².